The lowest BCUT2D eigenvalue weighted by Gasteiger charge is -2.35. The van der Waals surface area contributed by atoms with Gasteiger partial charge in [-0.1, -0.05) is 11.6 Å². The largest absolute Gasteiger partial charge is 0.586 e. The van der Waals surface area contributed by atoms with Gasteiger partial charge in [0.25, 0.3) is 0 Å². The molecular weight excluding hydrogens is 290 g/mol. The van der Waals surface area contributed by atoms with Gasteiger partial charge in [0.2, 0.25) is 0 Å². The molecule has 0 aliphatic carbocycles. The van der Waals surface area contributed by atoms with Crippen molar-refractivity contribution >= 4 is 0 Å². The molecule has 120 valence electrons. The summed E-state index contributed by atoms with van der Waals surface area (Å²) >= 11 is 0. The molecule has 0 amide bonds. The van der Waals surface area contributed by atoms with E-state index >= 15 is 0 Å². The second kappa shape index (κ2) is 5.85. The highest BCUT2D eigenvalue weighted by atomic mass is 19.3. The topological polar surface area (TPSA) is 33.7 Å². The molecule has 22 heavy (non-hydrogen) atoms. The van der Waals surface area contributed by atoms with Crippen molar-refractivity contribution < 1.29 is 18.3 Å². The van der Waals surface area contributed by atoms with Gasteiger partial charge >= 0.3 is 6.29 Å². The van der Waals surface area contributed by atoms with Gasteiger partial charge in [-0.2, -0.15) is 0 Å². The number of nitrogens with one attached hydrogen (secondary N) is 1. The molecule has 2 aliphatic heterocycles. The summed E-state index contributed by atoms with van der Waals surface area (Å²) in [5, 5.41) is 3.32. The third kappa shape index (κ3) is 3.23. The van der Waals surface area contributed by atoms with Crippen molar-refractivity contribution in [3.05, 3.63) is 35.9 Å². The molecule has 0 radical (unpaired) electrons. The minimum Gasteiger partial charge on any atom is -0.395 e. The molecule has 1 saturated heterocycles. The zero-order valence-corrected chi connectivity index (χ0v) is 12.6. The molecule has 2 heterocycles. The number of nitrogens with zero attached hydrogens (tertiary/aromatic N) is 1. The highest BCUT2D eigenvalue weighted by molar-refractivity contribution is 5.46. The smallest absolute Gasteiger partial charge is 0.395 e. The fraction of sp³-hybridized carbons (Fsp3) is 0.500. The summed E-state index contributed by atoms with van der Waals surface area (Å²) in [5.41, 5.74) is 2.01. The van der Waals surface area contributed by atoms with E-state index < -0.39 is 6.29 Å². The highest BCUT2D eigenvalue weighted by Crippen LogP contribution is 2.43. The molecule has 0 aromatic heterocycles. The summed E-state index contributed by atoms with van der Waals surface area (Å²) in [6.07, 6.45) is -2.78. The molecule has 0 unspecified atom stereocenters. The van der Waals surface area contributed by atoms with Gasteiger partial charge in [-0.3, -0.25) is 4.90 Å². The summed E-state index contributed by atoms with van der Waals surface area (Å²) in [6, 6.07) is 5.16. The summed E-state index contributed by atoms with van der Waals surface area (Å²) in [4.78, 5) is 2.35. The molecule has 1 aromatic carbocycles. The molecule has 6 heteroatoms. The molecule has 4 nitrogen and oxygen atoms in total. The third-order valence-corrected chi connectivity index (χ3v) is 3.94. The minimum atomic E-state index is -3.57. The molecule has 2 aliphatic rings. The van der Waals surface area contributed by atoms with Crippen LogP contribution in [0.1, 0.15) is 24.9 Å². The Hall–Kier alpha value is -1.66. The van der Waals surface area contributed by atoms with E-state index in [2.05, 4.69) is 26.3 Å². The van der Waals surface area contributed by atoms with Gasteiger partial charge in [-0.15, -0.1) is 15.4 Å². The van der Waals surface area contributed by atoms with Gasteiger partial charge in [0.1, 0.15) is 0 Å². The average molecular weight is 310 g/mol. The van der Waals surface area contributed by atoms with Crippen molar-refractivity contribution in [3.8, 4) is 11.5 Å². The van der Waals surface area contributed by atoms with Crippen LogP contribution >= 0.6 is 0 Å². The maximum atomic E-state index is 13.2. The zero-order valence-electron chi connectivity index (χ0n) is 12.6. The van der Waals surface area contributed by atoms with Crippen molar-refractivity contribution in [2.45, 2.75) is 25.7 Å². The Morgan fingerprint density at radius 3 is 2.68 bits per heavy atom. The summed E-state index contributed by atoms with van der Waals surface area (Å²) in [5.74, 6) is 0.187. The molecule has 1 N–H and O–H groups in total. The number of rotatable bonds is 4. The van der Waals surface area contributed by atoms with Crippen molar-refractivity contribution in [1.29, 1.82) is 0 Å². The normalized spacial score (nSPS) is 21.6. The lowest BCUT2D eigenvalue weighted by atomic mass is 9.97. The summed E-state index contributed by atoms with van der Waals surface area (Å²) in [7, 11) is 0. The molecule has 0 bridgehead atoms. The van der Waals surface area contributed by atoms with E-state index in [0.717, 1.165) is 43.7 Å². The van der Waals surface area contributed by atoms with Crippen LogP contribution in [-0.4, -0.2) is 37.4 Å². The predicted octanol–water partition coefficient (Wildman–Crippen LogP) is 2.92. The number of ether oxygens (including phenoxy) is 2. The Labute approximate surface area is 128 Å². The van der Waals surface area contributed by atoms with Gasteiger partial charge in [-0.25, -0.2) is 0 Å². The number of benzene rings is 1. The molecule has 1 fully saturated rings. The predicted molar refractivity (Wildman–Crippen MR) is 79.3 cm³/mol. The van der Waals surface area contributed by atoms with Crippen LogP contribution in [0.4, 0.5) is 8.78 Å². The Morgan fingerprint density at radius 1 is 1.32 bits per heavy atom. The fourth-order valence-corrected chi connectivity index (χ4v) is 2.95. The third-order valence-electron chi connectivity index (χ3n) is 3.94. The molecule has 1 aromatic rings. The van der Waals surface area contributed by atoms with Gasteiger partial charge in [0.05, 0.1) is 0 Å². The first kappa shape index (κ1) is 15.2. The lowest BCUT2D eigenvalue weighted by Crippen LogP contribution is -2.45. The van der Waals surface area contributed by atoms with E-state index in [4.69, 9.17) is 0 Å². The number of fused-ring (bicyclic) bond motifs is 1. The van der Waals surface area contributed by atoms with E-state index in [1.807, 2.05) is 13.0 Å². The van der Waals surface area contributed by atoms with Crippen LogP contribution in [0, 0.1) is 0 Å². The van der Waals surface area contributed by atoms with Crippen LogP contribution in [-0.2, 0) is 0 Å². The maximum absolute atomic E-state index is 13.2. The van der Waals surface area contributed by atoms with Crippen molar-refractivity contribution in [1.82, 2.24) is 10.2 Å². The maximum Gasteiger partial charge on any atom is 0.586 e. The van der Waals surface area contributed by atoms with Crippen LogP contribution in [0.3, 0.4) is 0 Å². The van der Waals surface area contributed by atoms with Crippen molar-refractivity contribution in [2.75, 3.05) is 26.2 Å². The Morgan fingerprint density at radius 2 is 2.00 bits per heavy atom. The van der Waals surface area contributed by atoms with Crippen molar-refractivity contribution in [2.24, 2.45) is 0 Å². The standard InChI is InChI=1S/C16H20F2N2O2/c1-11(2)9-13(20-7-5-19-6-8-20)12-3-4-14-15(10-12)22-16(17,18)21-14/h3-4,10,13,19H,1,5-9H2,2H3/t13-/m0/s1. The van der Waals surface area contributed by atoms with Crippen LogP contribution in [0.25, 0.3) is 0 Å². The van der Waals surface area contributed by atoms with Gasteiger partial charge in [0.15, 0.2) is 11.5 Å². The number of piperazine rings is 1. The second-order valence-electron chi connectivity index (χ2n) is 5.84. The van der Waals surface area contributed by atoms with Crippen LogP contribution in [0.15, 0.2) is 30.4 Å². The average Bonchev–Trinajstić information content (AvgIpc) is 2.78. The van der Waals surface area contributed by atoms with E-state index in [9.17, 15) is 8.78 Å². The lowest BCUT2D eigenvalue weighted by molar-refractivity contribution is -0.286. The minimum absolute atomic E-state index is 0.0862. The molecule has 0 saturated carbocycles. The summed E-state index contributed by atoms with van der Waals surface area (Å²) < 4.78 is 35.3. The number of hydrogen-bond acceptors (Lipinski definition) is 4. The number of halogens is 2. The van der Waals surface area contributed by atoms with Crippen molar-refractivity contribution in [3.63, 3.8) is 0 Å². The number of hydrogen-bond donors (Lipinski definition) is 1. The molecule has 3 rings (SSSR count). The zero-order chi connectivity index (χ0) is 15.7. The van der Waals surface area contributed by atoms with E-state index in [-0.39, 0.29) is 17.5 Å². The Balaban J connectivity index is 1.86. The first-order chi connectivity index (χ1) is 10.4. The fourth-order valence-electron chi connectivity index (χ4n) is 2.95. The Bertz CT molecular complexity index is 571. The quantitative estimate of drug-likeness (QED) is 0.867. The van der Waals surface area contributed by atoms with Gasteiger partial charge in [0, 0.05) is 32.2 Å². The van der Waals surface area contributed by atoms with Gasteiger partial charge in [-0.05, 0) is 31.0 Å². The SMILES string of the molecule is C=C(C)C[C@@H](c1ccc2c(c1)OC(F)(F)O2)N1CCNCC1. The molecule has 0 spiro atoms. The van der Waals surface area contributed by atoms with Gasteiger partial charge < -0.3 is 14.8 Å². The Kier molecular flexibility index (Phi) is 4.06. The first-order valence-electron chi connectivity index (χ1n) is 7.43. The molecular formula is C16H20F2N2O2. The summed E-state index contributed by atoms with van der Waals surface area (Å²) in [6.45, 7) is 9.67. The number of alkyl halides is 2. The van der Waals surface area contributed by atoms with Crippen LogP contribution in [0.2, 0.25) is 0 Å². The second-order valence-corrected chi connectivity index (χ2v) is 5.84. The van der Waals surface area contributed by atoms with E-state index in [1.165, 1.54) is 0 Å². The molecule has 1 atom stereocenters. The van der Waals surface area contributed by atoms with Crippen LogP contribution < -0.4 is 14.8 Å². The van der Waals surface area contributed by atoms with E-state index in [1.54, 1.807) is 12.1 Å². The monoisotopic (exact) mass is 310 g/mol. The first-order valence-corrected chi connectivity index (χ1v) is 7.43. The highest BCUT2D eigenvalue weighted by Gasteiger charge is 2.43. The van der Waals surface area contributed by atoms with Crippen LogP contribution in [0.5, 0.6) is 11.5 Å². The van der Waals surface area contributed by atoms with E-state index in [0.29, 0.717) is 0 Å².